The second-order valence-corrected chi connectivity index (χ2v) is 6.13. The summed E-state index contributed by atoms with van der Waals surface area (Å²) in [7, 11) is 2.13. The Kier molecular flexibility index (Phi) is 7.06. The summed E-state index contributed by atoms with van der Waals surface area (Å²) < 4.78 is 5.46. The van der Waals surface area contributed by atoms with E-state index in [0.29, 0.717) is 24.8 Å². The number of ether oxygens (including phenoxy) is 1. The number of amides is 2. The van der Waals surface area contributed by atoms with Crippen LogP contribution < -0.4 is 15.4 Å². The van der Waals surface area contributed by atoms with E-state index in [1.54, 1.807) is 31.2 Å². The van der Waals surface area contributed by atoms with Crippen molar-refractivity contribution in [2.75, 3.05) is 32.1 Å². The fourth-order valence-electron chi connectivity index (χ4n) is 2.81. The van der Waals surface area contributed by atoms with Crippen molar-refractivity contribution < 1.29 is 14.3 Å². The van der Waals surface area contributed by atoms with Gasteiger partial charge in [0.2, 0.25) is 5.91 Å². The van der Waals surface area contributed by atoms with E-state index in [-0.39, 0.29) is 18.4 Å². The molecular formula is C18H27N3O3. The molecule has 0 saturated carbocycles. The van der Waals surface area contributed by atoms with Crippen LogP contribution in [0.4, 0.5) is 5.69 Å². The van der Waals surface area contributed by atoms with Gasteiger partial charge in [0.1, 0.15) is 5.75 Å². The summed E-state index contributed by atoms with van der Waals surface area (Å²) >= 11 is 0. The molecular weight excluding hydrogens is 306 g/mol. The first-order valence-corrected chi connectivity index (χ1v) is 8.58. The second kappa shape index (κ2) is 9.27. The van der Waals surface area contributed by atoms with Crippen LogP contribution in [0.25, 0.3) is 0 Å². The van der Waals surface area contributed by atoms with Crippen molar-refractivity contribution in [3.63, 3.8) is 0 Å². The van der Waals surface area contributed by atoms with Gasteiger partial charge in [-0.1, -0.05) is 6.92 Å². The maximum Gasteiger partial charge on any atom is 0.257 e. The summed E-state index contributed by atoms with van der Waals surface area (Å²) in [5, 5.41) is 5.66. The maximum atomic E-state index is 11.8. The molecule has 0 bridgehead atoms. The fourth-order valence-corrected chi connectivity index (χ4v) is 2.81. The predicted octanol–water partition coefficient (Wildman–Crippen LogP) is 2.01. The first kappa shape index (κ1) is 18.3. The smallest absolute Gasteiger partial charge is 0.257 e. The summed E-state index contributed by atoms with van der Waals surface area (Å²) in [5.41, 5.74) is 0.722. The highest BCUT2D eigenvalue weighted by Gasteiger charge is 2.20. The molecule has 2 rings (SSSR count). The predicted molar refractivity (Wildman–Crippen MR) is 94.1 cm³/mol. The molecule has 0 radical (unpaired) electrons. The molecule has 2 amide bonds. The topological polar surface area (TPSA) is 70.7 Å². The highest BCUT2D eigenvalue weighted by Crippen LogP contribution is 2.17. The number of benzene rings is 1. The largest absolute Gasteiger partial charge is 0.484 e. The molecule has 132 valence electrons. The molecule has 1 aliphatic heterocycles. The van der Waals surface area contributed by atoms with Gasteiger partial charge >= 0.3 is 0 Å². The van der Waals surface area contributed by atoms with Gasteiger partial charge in [0.15, 0.2) is 6.61 Å². The lowest BCUT2D eigenvalue weighted by molar-refractivity contribution is -0.123. The van der Waals surface area contributed by atoms with E-state index in [0.717, 1.165) is 18.7 Å². The van der Waals surface area contributed by atoms with Crippen molar-refractivity contribution in [1.82, 2.24) is 10.2 Å². The summed E-state index contributed by atoms with van der Waals surface area (Å²) in [6.45, 7) is 3.63. The van der Waals surface area contributed by atoms with Crippen LogP contribution in [0.3, 0.4) is 0 Å². The molecule has 6 heteroatoms. The molecule has 2 N–H and O–H groups in total. The Labute approximate surface area is 143 Å². The van der Waals surface area contributed by atoms with Crippen LogP contribution >= 0.6 is 0 Å². The number of carbonyl (C=O) groups is 2. The highest BCUT2D eigenvalue weighted by molar-refractivity contribution is 5.90. The molecule has 1 saturated heterocycles. The van der Waals surface area contributed by atoms with Crippen molar-refractivity contribution in [3.05, 3.63) is 24.3 Å². The molecule has 0 aliphatic carbocycles. The van der Waals surface area contributed by atoms with Crippen molar-refractivity contribution >= 4 is 17.5 Å². The van der Waals surface area contributed by atoms with Crippen molar-refractivity contribution in [2.24, 2.45) is 0 Å². The number of likely N-dealkylation sites (tertiary alicyclic amines) is 1. The lowest BCUT2D eigenvalue weighted by atomic mass is 10.1. The minimum absolute atomic E-state index is 0.00116. The van der Waals surface area contributed by atoms with E-state index in [9.17, 15) is 9.59 Å². The van der Waals surface area contributed by atoms with Gasteiger partial charge < -0.3 is 20.3 Å². The Morgan fingerprint density at radius 2 is 2.00 bits per heavy atom. The lowest BCUT2D eigenvalue weighted by Gasteiger charge is -2.19. The molecule has 6 nitrogen and oxygen atoms in total. The molecule has 1 aliphatic rings. The zero-order chi connectivity index (χ0) is 17.4. The van der Waals surface area contributed by atoms with E-state index < -0.39 is 0 Å². The van der Waals surface area contributed by atoms with Gasteiger partial charge in [-0.2, -0.15) is 0 Å². The van der Waals surface area contributed by atoms with Gasteiger partial charge in [0, 0.05) is 24.7 Å². The van der Waals surface area contributed by atoms with Gasteiger partial charge in [0.25, 0.3) is 5.91 Å². The van der Waals surface area contributed by atoms with E-state index in [1.165, 1.54) is 12.8 Å². The Balaban J connectivity index is 1.65. The third-order valence-electron chi connectivity index (χ3n) is 4.30. The third-order valence-corrected chi connectivity index (χ3v) is 4.30. The van der Waals surface area contributed by atoms with Crippen LogP contribution in [0, 0.1) is 0 Å². The van der Waals surface area contributed by atoms with Crippen molar-refractivity contribution in [2.45, 2.75) is 38.6 Å². The van der Waals surface area contributed by atoms with E-state index in [1.807, 2.05) is 0 Å². The molecule has 0 aromatic heterocycles. The number of carbonyl (C=O) groups excluding carboxylic acids is 2. The molecule has 1 fully saturated rings. The van der Waals surface area contributed by atoms with Crippen LogP contribution in [0.5, 0.6) is 5.75 Å². The van der Waals surface area contributed by atoms with E-state index in [4.69, 9.17) is 4.74 Å². The van der Waals surface area contributed by atoms with Gasteiger partial charge in [-0.05, 0) is 57.1 Å². The summed E-state index contributed by atoms with van der Waals surface area (Å²) in [6, 6.07) is 7.59. The molecule has 0 spiro atoms. The molecule has 24 heavy (non-hydrogen) atoms. The molecule has 1 aromatic rings. The van der Waals surface area contributed by atoms with Gasteiger partial charge in [-0.3, -0.25) is 9.59 Å². The molecule has 1 atom stereocenters. The average Bonchev–Trinajstić information content (AvgIpc) is 2.99. The van der Waals surface area contributed by atoms with Crippen LogP contribution in [0.1, 0.15) is 32.6 Å². The van der Waals surface area contributed by atoms with Crippen LogP contribution in [0.15, 0.2) is 24.3 Å². The third kappa shape index (κ3) is 5.85. The molecule has 1 unspecified atom stereocenters. The summed E-state index contributed by atoms with van der Waals surface area (Å²) in [4.78, 5) is 25.5. The molecule has 1 heterocycles. The average molecular weight is 333 g/mol. The van der Waals surface area contributed by atoms with Crippen LogP contribution in [-0.4, -0.2) is 49.5 Å². The zero-order valence-corrected chi connectivity index (χ0v) is 14.5. The Bertz CT molecular complexity index is 545. The SMILES string of the molecule is CCC(=O)Nc1ccc(OCC(=O)NCCC2CCCN2C)cc1. The quantitative estimate of drug-likeness (QED) is 0.763. The Morgan fingerprint density at radius 1 is 1.25 bits per heavy atom. The zero-order valence-electron chi connectivity index (χ0n) is 14.5. The fraction of sp³-hybridized carbons (Fsp3) is 0.556. The Morgan fingerprint density at radius 3 is 2.62 bits per heavy atom. The monoisotopic (exact) mass is 333 g/mol. The number of anilines is 1. The van der Waals surface area contributed by atoms with Gasteiger partial charge in [-0.25, -0.2) is 0 Å². The van der Waals surface area contributed by atoms with Gasteiger partial charge in [-0.15, -0.1) is 0 Å². The van der Waals surface area contributed by atoms with Gasteiger partial charge in [0.05, 0.1) is 0 Å². The van der Waals surface area contributed by atoms with Crippen molar-refractivity contribution in [3.8, 4) is 5.75 Å². The number of hydrogen-bond acceptors (Lipinski definition) is 4. The molecule has 1 aromatic carbocycles. The number of nitrogens with zero attached hydrogens (tertiary/aromatic N) is 1. The minimum atomic E-state index is -0.112. The number of hydrogen-bond donors (Lipinski definition) is 2. The summed E-state index contributed by atoms with van der Waals surface area (Å²) in [6.07, 6.45) is 3.87. The minimum Gasteiger partial charge on any atom is -0.484 e. The normalized spacial score (nSPS) is 17.5. The first-order valence-electron chi connectivity index (χ1n) is 8.58. The second-order valence-electron chi connectivity index (χ2n) is 6.13. The van der Waals surface area contributed by atoms with E-state index >= 15 is 0 Å². The highest BCUT2D eigenvalue weighted by atomic mass is 16.5. The first-order chi connectivity index (χ1) is 11.6. The number of rotatable bonds is 8. The standard InChI is InChI=1S/C18H27N3O3/c1-3-17(22)20-14-6-8-16(9-7-14)24-13-18(23)19-11-10-15-5-4-12-21(15)2/h6-9,15H,3-5,10-13H2,1-2H3,(H,19,23)(H,20,22). The van der Waals surface area contributed by atoms with Crippen molar-refractivity contribution in [1.29, 1.82) is 0 Å². The Hall–Kier alpha value is -2.08. The summed E-state index contributed by atoms with van der Waals surface area (Å²) in [5.74, 6) is 0.463. The lowest BCUT2D eigenvalue weighted by Crippen LogP contribution is -2.34. The number of nitrogens with one attached hydrogen (secondary N) is 2. The van der Waals surface area contributed by atoms with Crippen LogP contribution in [0.2, 0.25) is 0 Å². The van der Waals surface area contributed by atoms with E-state index in [2.05, 4.69) is 22.6 Å². The maximum absolute atomic E-state index is 11.8. The van der Waals surface area contributed by atoms with Crippen LogP contribution in [-0.2, 0) is 9.59 Å².